The molecule has 0 saturated carbocycles. The molecule has 1 N–H and O–H groups in total. The van der Waals surface area contributed by atoms with E-state index in [-0.39, 0.29) is 30.0 Å². The molecule has 4 amide bonds. The predicted molar refractivity (Wildman–Crippen MR) is 126 cm³/mol. The molecular formula is C26H26FN5O4. The number of piperidine rings is 1. The van der Waals surface area contributed by atoms with E-state index in [0.29, 0.717) is 49.2 Å². The number of hydrogen-bond acceptors (Lipinski definition) is 6. The van der Waals surface area contributed by atoms with Gasteiger partial charge in [-0.15, -0.1) is 0 Å². The summed E-state index contributed by atoms with van der Waals surface area (Å²) in [6.07, 6.45) is 4.84. The van der Waals surface area contributed by atoms with Crippen LogP contribution in [-0.2, 0) is 23.3 Å². The smallest absolute Gasteiger partial charge is 0.325 e. The summed E-state index contributed by atoms with van der Waals surface area (Å²) in [4.78, 5) is 47.0. The van der Waals surface area contributed by atoms with E-state index < -0.39 is 17.4 Å². The van der Waals surface area contributed by atoms with Crippen molar-refractivity contribution in [2.75, 3.05) is 13.1 Å². The minimum atomic E-state index is -1.30. The molecule has 0 radical (unpaired) electrons. The monoisotopic (exact) mass is 491 g/mol. The predicted octanol–water partition coefficient (Wildman–Crippen LogP) is 3.27. The van der Waals surface area contributed by atoms with Gasteiger partial charge in [-0.05, 0) is 42.5 Å². The molecule has 10 heteroatoms. The number of halogens is 1. The Labute approximate surface area is 207 Å². The highest BCUT2D eigenvalue weighted by molar-refractivity contribution is 6.07. The molecule has 1 aromatic carbocycles. The third kappa shape index (κ3) is 4.12. The van der Waals surface area contributed by atoms with E-state index in [1.165, 1.54) is 17.0 Å². The first-order valence-corrected chi connectivity index (χ1v) is 12.0. The van der Waals surface area contributed by atoms with Gasteiger partial charge in [0, 0.05) is 43.5 Å². The van der Waals surface area contributed by atoms with Crippen molar-refractivity contribution in [3.05, 3.63) is 83.3 Å². The van der Waals surface area contributed by atoms with Crippen molar-refractivity contribution in [2.45, 2.75) is 38.3 Å². The maximum Gasteiger partial charge on any atom is 0.325 e. The van der Waals surface area contributed by atoms with Crippen LogP contribution in [0, 0.1) is 11.7 Å². The highest BCUT2D eigenvalue weighted by Gasteiger charge is 2.57. The Balaban J connectivity index is 1.39. The molecule has 2 aromatic heterocycles. The summed E-state index contributed by atoms with van der Waals surface area (Å²) in [5, 5.41) is 6.85. The number of aromatic nitrogens is 2. The summed E-state index contributed by atoms with van der Waals surface area (Å²) < 4.78 is 18.5. The number of urea groups is 1. The Morgan fingerprint density at radius 1 is 1.19 bits per heavy atom. The van der Waals surface area contributed by atoms with Crippen LogP contribution in [0.4, 0.5) is 9.18 Å². The van der Waals surface area contributed by atoms with Gasteiger partial charge in [-0.25, -0.2) is 9.18 Å². The van der Waals surface area contributed by atoms with Gasteiger partial charge in [0.2, 0.25) is 0 Å². The van der Waals surface area contributed by atoms with Gasteiger partial charge in [0.1, 0.15) is 11.6 Å². The highest BCUT2D eigenvalue weighted by atomic mass is 19.1. The summed E-state index contributed by atoms with van der Waals surface area (Å²) >= 11 is 0. The molecule has 0 spiro atoms. The number of rotatable bonds is 6. The van der Waals surface area contributed by atoms with E-state index >= 15 is 0 Å². The zero-order valence-electron chi connectivity index (χ0n) is 19.8. The number of imide groups is 1. The number of benzene rings is 1. The van der Waals surface area contributed by atoms with Gasteiger partial charge < -0.3 is 14.7 Å². The van der Waals surface area contributed by atoms with E-state index in [9.17, 15) is 18.8 Å². The lowest BCUT2D eigenvalue weighted by molar-refractivity contribution is -0.134. The standard InChI is InChI=1S/C26H26FN5O4/c1-2-21-14-22(30-36-21)23(33)31-12-9-18(10-13-31)26(19-4-3-11-28-15-19)24(34)32(25(35)29-26)16-17-5-7-20(27)8-6-17/h3-8,11,14-15,18H,2,9-10,12-13,16H2,1H3,(H,29,35). The second-order valence-electron chi connectivity index (χ2n) is 9.10. The SMILES string of the molecule is CCc1cc(C(=O)N2CCC(C3(c4cccnc4)NC(=O)N(Cc4ccc(F)cc4)C3=O)CC2)no1. The lowest BCUT2D eigenvalue weighted by Gasteiger charge is -2.40. The van der Waals surface area contributed by atoms with Crippen molar-refractivity contribution in [1.29, 1.82) is 0 Å². The Kier molecular flexibility index (Phi) is 6.26. The van der Waals surface area contributed by atoms with Gasteiger partial charge in [0.15, 0.2) is 11.2 Å². The Bertz CT molecular complexity index is 1270. The van der Waals surface area contributed by atoms with Crippen LogP contribution in [0.5, 0.6) is 0 Å². The van der Waals surface area contributed by atoms with Crippen LogP contribution in [0.2, 0.25) is 0 Å². The zero-order valence-corrected chi connectivity index (χ0v) is 19.8. The van der Waals surface area contributed by atoms with E-state index in [1.807, 2.05) is 6.92 Å². The molecule has 2 saturated heterocycles. The molecule has 36 heavy (non-hydrogen) atoms. The Hall–Kier alpha value is -4.08. The van der Waals surface area contributed by atoms with Gasteiger partial charge >= 0.3 is 6.03 Å². The largest absolute Gasteiger partial charge is 0.361 e. The van der Waals surface area contributed by atoms with Crippen LogP contribution in [0.3, 0.4) is 0 Å². The van der Waals surface area contributed by atoms with Crippen LogP contribution < -0.4 is 5.32 Å². The van der Waals surface area contributed by atoms with Gasteiger partial charge in [-0.2, -0.15) is 0 Å². The number of likely N-dealkylation sites (tertiary alicyclic amines) is 1. The van der Waals surface area contributed by atoms with Crippen LogP contribution in [0.25, 0.3) is 0 Å². The summed E-state index contributed by atoms with van der Waals surface area (Å²) in [7, 11) is 0. The Morgan fingerprint density at radius 3 is 2.58 bits per heavy atom. The molecule has 3 aromatic rings. The van der Waals surface area contributed by atoms with Crippen LogP contribution in [0.1, 0.15) is 47.1 Å². The lowest BCUT2D eigenvalue weighted by atomic mass is 9.73. The second-order valence-corrected chi connectivity index (χ2v) is 9.10. The van der Waals surface area contributed by atoms with Gasteiger partial charge in [0.05, 0.1) is 6.54 Å². The van der Waals surface area contributed by atoms with E-state index in [0.717, 1.165) is 0 Å². The number of nitrogens with one attached hydrogen (secondary N) is 1. The molecule has 1 atom stereocenters. The van der Waals surface area contributed by atoms with E-state index in [2.05, 4.69) is 15.5 Å². The third-order valence-electron chi connectivity index (χ3n) is 7.02. The van der Waals surface area contributed by atoms with E-state index in [1.54, 1.807) is 47.6 Å². The van der Waals surface area contributed by atoms with Crippen molar-refractivity contribution in [3.63, 3.8) is 0 Å². The lowest BCUT2D eigenvalue weighted by Crippen LogP contribution is -2.54. The number of aryl methyl sites for hydroxylation is 1. The topological polar surface area (TPSA) is 109 Å². The number of hydrogen-bond donors (Lipinski definition) is 1. The maximum atomic E-state index is 13.9. The molecule has 1 unspecified atom stereocenters. The molecule has 2 aliphatic heterocycles. The number of nitrogens with zero attached hydrogens (tertiary/aromatic N) is 4. The van der Waals surface area contributed by atoms with E-state index in [4.69, 9.17) is 4.52 Å². The first-order chi connectivity index (χ1) is 17.4. The van der Waals surface area contributed by atoms with Crippen LogP contribution >= 0.6 is 0 Å². The number of carbonyl (C=O) groups excluding carboxylic acids is 3. The third-order valence-corrected chi connectivity index (χ3v) is 7.02. The molecule has 9 nitrogen and oxygen atoms in total. The van der Waals surface area contributed by atoms with Crippen molar-refractivity contribution >= 4 is 17.8 Å². The maximum absolute atomic E-state index is 13.9. The molecule has 2 fully saturated rings. The molecule has 0 aliphatic carbocycles. The number of carbonyl (C=O) groups is 3. The zero-order chi connectivity index (χ0) is 25.3. The average Bonchev–Trinajstić information content (AvgIpc) is 3.49. The van der Waals surface area contributed by atoms with Crippen molar-refractivity contribution in [1.82, 2.24) is 25.3 Å². The minimum Gasteiger partial charge on any atom is -0.361 e. The molecular weight excluding hydrogens is 465 g/mol. The second kappa shape index (κ2) is 9.52. The summed E-state index contributed by atoms with van der Waals surface area (Å²) in [5.41, 5.74) is 0.201. The molecule has 5 rings (SSSR count). The summed E-state index contributed by atoms with van der Waals surface area (Å²) in [6.45, 7) is 2.75. The van der Waals surface area contributed by atoms with Gasteiger partial charge in [0.25, 0.3) is 11.8 Å². The number of pyridine rings is 1. The molecule has 2 aliphatic rings. The van der Waals surface area contributed by atoms with Crippen molar-refractivity contribution < 1.29 is 23.3 Å². The minimum absolute atomic E-state index is 0.0240. The number of amides is 4. The fourth-order valence-corrected chi connectivity index (χ4v) is 5.07. The van der Waals surface area contributed by atoms with Gasteiger partial charge in [-0.3, -0.25) is 19.5 Å². The molecule has 4 heterocycles. The quantitative estimate of drug-likeness (QED) is 0.530. The molecule has 186 valence electrons. The first kappa shape index (κ1) is 23.7. The van der Waals surface area contributed by atoms with Crippen molar-refractivity contribution in [3.8, 4) is 0 Å². The first-order valence-electron chi connectivity index (χ1n) is 12.0. The normalized spacial score (nSPS) is 20.6. The summed E-state index contributed by atoms with van der Waals surface area (Å²) in [6, 6.07) is 10.4. The van der Waals surface area contributed by atoms with Crippen LogP contribution in [-0.4, -0.2) is 50.9 Å². The highest BCUT2D eigenvalue weighted by Crippen LogP contribution is 2.41. The summed E-state index contributed by atoms with van der Waals surface area (Å²) in [5.74, 6) is -0.600. The Morgan fingerprint density at radius 2 is 1.94 bits per heavy atom. The van der Waals surface area contributed by atoms with Crippen molar-refractivity contribution in [2.24, 2.45) is 5.92 Å². The van der Waals surface area contributed by atoms with Gasteiger partial charge in [-0.1, -0.05) is 30.3 Å². The van der Waals surface area contributed by atoms with Crippen LogP contribution in [0.15, 0.2) is 59.4 Å². The fourth-order valence-electron chi connectivity index (χ4n) is 5.07. The fraction of sp³-hybridized carbons (Fsp3) is 0.346. The average molecular weight is 492 g/mol. The molecule has 0 bridgehead atoms.